The third-order valence-corrected chi connectivity index (χ3v) is 4.86. The van der Waals surface area contributed by atoms with Crippen molar-refractivity contribution in [1.82, 2.24) is 4.90 Å². The third-order valence-electron chi connectivity index (χ3n) is 2.52. The Morgan fingerprint density at radius 2 is 2.12 bits per heavy atom. The number of carbonyl (C=O) groups is 1. The molecular formula is C10H13NO3S2. The average Bonchev–Trinajstić information content (AvgIpc) is 2.70. The zero-order valence-electron chi connectivity index (χ0n) is 8.72. The molecule has 0 aromatic carbocycles. The smallest absolute Gasteiger partial charge is 0.345 e. The van der Waals surface area contributed by atoms with Crippen molar-refractivity contribution in [3.63, 3.8) is 0 Å². The lowest BCUT2D eigenvalue weighted by Gasteiger charge is -2.25. The summed E-state index contributed by atoms with van der Waals surface area (Å²) in [4.78, 5) is 14.4. The molecule has 4 nitrogen and oxygen atoms in total. The lowest BCUT2D eigenvalue weighted by atomic mass is 10.4. The first kappa shape index (κ1) is 11.8. The Morgan fingerprint density at radius 3 is 2.69 bits per heavy atom. The molecule has 16 heavy (non-hydrogen) atoms. The topological polar surface area (TPSA) is 57.6 Å². The van der Waals surface area contributed by atoms with Gasteiger partial charge in [0.2, 0.25) is 0 Å². The summed E-state index contributed by atoms with van der Waals surface area (Å²) in [7, 11) is -0.653. The first-order chi connectivity index (χ1) is 7.65. The van der Waals surface area contributed by atoms with Gasteiger partial charge in [-0.05, 0) is 12.1 Å². The summed E-state index contributed by atoms with van der Waals surface area (Å²) in [6, 6.07) is 3.50. The van der Waals surface area contributed by atoms with Crippen molar-refractivity contribution in [3.05, 3.63) is 21.9 Å². The van der Waals surface area contributed by atoms with Crippen molar-refractivity contribution < 1.29 is 14.1 Å². The molecule has 0 aliphatic carbocycles. The highest BCUT2D eigenvalue weighted by Gasteiger charge is 2.16. The summed E-state index contributed by atoms with van der Waals surface area (Å²) in [5.74, 6) is 0.602. The van der Waals surface area contributed by atoms with E-state index in [9.17, 15) is 9.00 Å². The van der Waals surface area contributed by atoms with Gasteiger partial charge in [-0.2, -0.15) is 0 Å². The molecule has 1 fully saturated rings. The Labute approximate surface area is 100 Å². The van der Waals surface area contributed by atoms with Crippen LogP contribution in [0.1, 0.15) is 14.5 Å². The Morgan fingerprint density at radius 1 is 1.44 bits per heavy atom. The van der Waals surface area contributed by atoms with E-state index in [4.69, 9.17) is 5.11 Å². The molecule has 1 aromatic rings. The Kier molecular flexibility index (Phi) is 3.73. The summed E-state index contributed by atoms with van der Waals surface area (Å²) in [5.41, 5.74) is 0. The fourth-order valence-corrected chi connectivity index (χ4v) is 3.65. The minimum absolute atomic E-state index is 0.385. The van der Waals surface area contributed by atoms with Crippen molar-refractivity contribution >= 4 is 28.1 Å². The summed E-state index contributed by atoms with van der Waals surface area (Å²) in [6.45, 7) is 2.45. The maximum atomic E-state index is 11.2. The first-order valence-corrected chi connectivity index (χ1v) is 7.35. The molecule has 88 valence electrons. The molecule has 1 N–H and O–H groups in total. The molecule has 1 aromatic heterocycles. The highest BCUT2D eigenvalue weighted by molar-refractivity contribution is 7.85. The van der Waals surface area contributed by atoms with Crippen molar-refractivity contribution in [3.8, 4) is 0 Å². The van der Waals surface area contributed by atoms with Crippen LogP contribution in [0.25, 0.3) is 0 Å². The van der Waals surface area contributed by atoms with Crippen LogP contribution in [0.5, 0.6) is 0 Å². The zero-order valence-corrected chi connectivity index (χ0v) is 10.4. The number of rotatable bonds is 3. The minimum atomic E-state index is -0.865. The van der Waals surface area contributed by atoms with Gasteiger partial charge < -0.3 is 5.11 Å². The Bertz CT molecular complexity index is 406. The van der Waals surface area contributed by atoms with Gasteiger partial charge >= 0.3 is 5.97 Å². The molecule has 0 amide bonds. The third kappa shape index (κ3) is 2.90. The molecule has 1 aliphatic rings. The summed E-state index contributed by atoms with van der Waals surface area (Å²) >= 11 is 1.32. The van der Waals surface area contributed by atoms with Crippen LogP contribution in [0.15, 0.2) is 12.1 Å². The number of hydrogen-bond donors (Lipinski definition) is 1. The minimum Gasteiger partial charge on any atom is -0.477 e. The van der Waals surface area contributed by atoms with Crippen LogP contribution in [0.2, 0.25) is 0 Å². The molecule has 2 heterocycles. The SMILES string of the molecule is O=C(O)c1ccc(CN2CCS(=O)CC2)s1. The molecule has 1 saturated heterocycles. The number of carboxylic acid groups (broad SMARTS) is 1. The van der Waals surface area contributed by atoms with E-state index in [2.05, 4.69) is 4.90 Å². The lowest BCUT2D eigenvalue weighted by Crippen LogP contribution is -2.36. The molecule has 6 heteroatoms. The average molecular weight is 259 g/mol. The molecule has 0 saturated carbocycles. The van der Waals surface area contributed by atoms with Crippen LogP contribution in [0.3, 0.4) is 0 Å². The van der Waals surface area contributed by atoms with Gasteiger partial charge in [0.25, 0.3) is 0 Å². The van der Waals surface area contributed by atoms with E-state index in [1.54, 1.807) is 6.07 Å². The van der Waals surface area contributed by atoms with Gasteiger partial charge in [0.15, 0.2) is 0 Å². The van der Waals surface area contributed by atoms with Gasteiger partial charge in [-0.25, -0.2) is 4.79 Å². The summed E-state index contributed by atoms with van der Waals surface area (Å²) in [6.07, 6.45) is 0. The molecule has 0 spiro atoms. The largest absolute Gasteiger partial charge is 0.477 e. The van der Waals surface area contributed by atoms with Gasteiger partial charge in [0, 0.05) is 46.8 Å². The summed E-state index contributed by atoms with van der Waals surface area (Å²) in [5, 5.41) is 8.80. The van der Waals surface area contributed by atoms with Gasteiger partial charge in [-0.15, -0.1) is 11.3 Å². The standard InChI is InChI=1S/C10H13NO3S2/c12-10(13)9-2-1-8(15-9)7-11-3-5-16(14)6-4-11/h1-2H,3-7H2,(H,12,13). The monoisotopic (exact) mass is 259 g/mol. The van der Waals surface area contributed by atoms with Crippen molar-refractivity contribution in [2.24, 2.45) is 0 Å². The first-order valence-electron chi connectivity index (χ1n) is 5.04. The molecule has 0 bridgehead atoms. The van der Waals surface area contributed by atoms with Crippen molar-refractivity contribution in [2.75, 3.05) is 24.6 Å². The fraction of sp³-hybridized carbons (Fsp3) is 0.500. The van der Waals surface area contributed by atoms with Gasteiger partial charge in [0.1, 0.15) is 4.88 Å². The zero-order chi connectivity index (χ0) is 11.5. The number of thiophene rings is 1. The van der Waals surface area contributed by atoms with E-state index in [1.807, 2.05) is 6.07 Å². The fourth-order valence-electron chi connectivity index (χ4n) is 1.63. The number of nitrogens with zero attached hydrogens (tertiary/aromatic N) is 1. The number of aromatic carboxylic acids is 1. The van der Waals surface area contributed by atoms with Crippen molar-refractivity contribution in [1.29, 1.82) is 0 Å². The molecule has 1 aliphatic heterocycles. The molecule has 2 rings (SSSR count). The van der Waals surface area contributed by atoms with Crippen LogP contribution in [-0.4, -0.2) is 44.8 Å². The van der Waals surface area contributed by atoms with Crippen LogP contribution < -0.4 is 0 Å². The number of hydrogen-bond acceptors (Lipinski definition) is 4. The van der Waals surface area contributed by atoms with Gasteiger partial charge in [-0.1, -0.05) is 0 Å². The van der Waals surface area contributed by atoms with E-state index in [0.717, 1.165) is 36.0 Å². The number of carboxylic acids is 1. The maximum absolute atomic E-state index is 11.2. The van der Waals surface area contributed by atoms with E-state index >= 15 is 0 Å². The second-order valence-electron chi connectivity index (χ2n) is 3.70. The predicted octanol–water partition coefficient (Wildman–Crippen LogP) is 1.01. The second kappa shape index (κ2) is 5.07. The van der Waals surface area contributed by atoms with Crippen LogP contribution in [0.4, 0.5) is 0 Å². The van der Waals surface area contributed by atoms with Crippen LogP contribution >= 0.6 is 11.3 Å². The molecule has 0 radical (unpaired) electrons. The molecule has 0 unspecified atom stereocenters. The highest BCUT2D eigenvalue weighted by atomic mass is 32.2. The van der Waals surface area contributed by atoms with Gasteiger partial charge in [0.05, 0.1) is 0 Å². The van der Waals surface area contributed by atoms with E-state index in [0.29, 0.717) is 4.88 Å². The normalized spacial score (nSPS) is 18.8. The van der Waals surface area contributed by atoms with Crippen molar-refractivity contribution in [2.45, 2.75) is 6.54 Å². The van der Waals surface area contributed by atoms with E-state index in [1.165, 1.54) is 11.3 Å². The van der Waals surface area contributed by atoms with Gasteiger partial charge in [-0.3, -0.25) is 9.11 Å². The Hall–Kier alpha value is -0.720. The maximum Gasteiger partial charge on any atom is 0.345 e. The Balaban J connectivity index is 1.93. The molecule has 0 atom stereocenters. The van der Waals surface area contributed by atoms with Crippen LogP contribution in [-0.2, 0) is 17.3 Å². The van der Waals surface area contributed by atoms with Crippen LogP contribution in [0, 0.1) is 0 Å². The van der Waals surface area contributed by atoms with E-state index in [-0.39, 0.29) is 0 Å². The van der Waals surface area contributed by atoms with E-state index < -0.39 is 16.8 Å². The second-order valence-corrected chi connectivity index (χ2v) is 6.56. The predicted molar refractivity (Wildman–Crippen MR) is 64.4 cm³/mol. The molecular weight excluding hydrogens is 246 g/mol. The summed E-state index contributed by atoms with van der Waals surface area (Å²) < 4.78 is 11.2. The quantitative estimate of drug-likeness (QED) is 0.880. The lowest BCUT2D eigenvalue weighted by molar-refractivity contribution is 0.0702. The highest BCUT2D eigenvalue weighted by Crippen LogP contribution is 2.18.